The molecule has 0 radical (unpaired) electrons. The Labute approximate surface area is 119 Å². The molecule has 20 heavy (non-hydrogen) atoms. The zero-order valence-electron chi connectivity index (χ0n) is 11.8. The van der Waals surface area contributed by atoms with E-state index >= 15 is 0 Å². The molecule has 1 aromatic carbocycles. The number of benzene rings is 1. The van der Waals surface area contributed by atoms with Gasteiger partial charge >= 0.3 is 0 Å². The summed E-state index contributed by atoms with van der Waals surface area (Å²) in [5, 5.41) is 17.6. The third-order valence-corrected chi connectivity index (χ3v) is 2.84. The van der Waals surface area contributed by atoms with Crippen LogP contribution in [0.25, 0.3) is 0 Å². The van der Waals surface area contributed by atoms with Gasteiger partial charge in [0.05, 0.1) is 17.6 Å². The number of amides is 1. The van der Waals surface area contributed by atoms with Crippen LogP contribution >= 0.6 is 0 Å². The number of aliphatic hydroxyl groups excluding tert-OH is 1. The van der Waals surface area contributed by atoms with Gasteiger partial charge in [0.2, 0.25) is 0 Å². The summed E-state index contributed by atoms with van der Waals surface area (Å²) < 4.78 is 0. The number of rotatable bonds is 4. The summed E-state index contributed by atoms with van der Waals surface area (Å²) >= 11 is 0. The molecule has 0 heterocycles. The monoisotopic (exact) mass is 270 g/mol. The van der Waals surface area contributed by atoms with Gasteiger partial charge < -0.3 is 10.0 Å². The molecule has 0 fully saturated rings. The van der Waals surface area contributed by atoms with Gasteiger partial charge in [-0.25, -0.2) is 0 Å². The summed E-state index contributed by atoms with van der Waals surface area (Å²) in [5.41, 5.74) is 1.09. The summed E-state index contributed by atoms with van der Waals surface area (Å²) in [4.78, 5) is 14.1. The number of nitrogens with zero attached hydrogens (tertiary/aromatic N) is 2. The standard InChI is InChI=1S/C16H18N2O2/c1-3-18(12-13(2)11-17)16(20)15-9-5-4-7-14(15)8-6-10-19/h4-5,7,9,13,19H,3,10,12H2,1-2H3. The summed E-state index contributed by atoms with van der Waals surface area (Å²) in [7, 11) is 0. The first-order chi connectivity index (χ1) is 9.63. The van der Waals surface area contributed by atoms with E-state index in [1.807, 2.05) is 6.92 Å². The number of hydrogen-bond donors (Lipinski definition) is 1. The van der Waals surface area contributed by atoms with Gasteiger partial charge in [0.15, 0.2) is 0 Å². The van der Waals surface area contributed by atoms with Crippen LogP contribution in [-0.2, 0) is 0 Å². The SMILES string of the molecule is CCN(CC(C)C#N)C(=O)c1ccccc1C#CCO. The molecule has 1 rings (SSSR count). The Kier molecular flexibility index (Phi) is 6.29. The van der Waals surface area contributed by atoms with Crippen molar-refractivity contribution in [2.75, 3.05) is 19.7 Å². The van der Waals surface area contributed by atoms with E-state index in [-0.39, 0.29) is 18.4 Å². The molecule has 1 amide bonds. The van der Waals surface area contributed by atoms with Crippen molar-refractivity contribution in [3.8, 4) is 17.9 Å². The zero-order valence-corrected chi connectivity index (χ0v) is 11.8. The first-order valence-corrected chi connectivity index (χ1v) is 6.51. The second-order valence-corrected chi connectivity index (χ2v) is 4.38. The lowest BCUT2D eigenvalue weighted by atomic mass is 10.1. The molecular formula is C16H18N2O2. The minimum absolute atomic E-state index is 0.141. The van der Waals surface area contributed by atoms with Gasteiger partial charge in [0.1, 0.15) is 6.61 Å². The summed E-state index contributed by atoms with van der Waals surface area (Å²) in [5.74, 6) is 4.97. The predicted octanol–water partition coefficient (Wildman–Crippen LogP) is 1.65. The van der Waals surface area contributed by atoms with Crippen LogP contribution in [0.1, 0.15) is 29.8 Å². The van der Waals surface area contributed by atoms with Gasteiger partial charge in [0, 0.05) is 18.7 Å². The summed E-state index contributed by atoms with van der Waals surface area (Å²) in [6.45, 7) is 4.35. The van der Waals surface area contributed by atoms with E-state index in [4.69, 9.17) is 10.4 Å². The van der Waals surface area contributed by atoms with Crippen molar-refractivity contribution in [2.24, 2.45) is 5.92 Å². The van der Waals surface area contributed by atoms with Crippen molar-refractivity contribution in [1.29, 1.82) is 5.26 Å². The van der Waals surface area contributed by atoms with Gasteiger partial charge in [-0.3, -0.25) is 4.79 Å². The molecule has 4 heteroatoms. The van der Waals surface area contributed by atoms with Gasteiger partial charge in [-0.05, 0) is 26.0 Å². The lowest BCUT2D eigenvalue weighted by Crippen LogP contribution is -2.34. The van der Waals surface area contributed by atoms with Crippen LogP contribution in [0.5, 0.6) is 0 Å². The molecular weight excluding hydrogens is 252 g/mol. The van der Waals surface area contributed by atoms with Crippen molar-refractivity contribution < 1.29 is 9.90 Å². The average molecular weight is 270 g/mol. The van der Waals surface area contributed by atoms with E-state index in [1.165, 1.54) is 0 Å². The highest BCUT2D eigenvalue weighted by Gasteiger charge is 2.18. The largest absolute Gasteiger partial charge is 0.384 e. The van der Waals surface area contributed by atoms with Crippen LogP contribution in [0.3, 0.4) is 0 Å². The van der Waals surface area contributed by atoms with Gasteiger partial charge in [-0.15, -0.1) is 0 Å². The van der Waals surface area contributed by atoms with Gasteiger partial charge in [-0.1, -0.05) is 24.0 Å². The maximum atomic E-state index is 12.5. The lowest BCUT2D eigenvalue weighted by Gasteiger charge is -2.22. The van der Waals surface area contributed by atoms with Crippen molar-refractivity contribution >= 4 is 5.91 Å². The fraction of sp³-hybridized carbons (Fsp3) is 0.375. The van der Waals surface area contributed by atoms with Crippen LogP contribution in [-0.4, -0.2) is 35.6 Å². The molecule has 0 spiro atoms. The number of nitriles is 1. The molecule has 1 aromatic rings. The summed E-state index contributed by atoms with van der Waals surface area (Å²) in [6, 6.07) is 9.16. The number of aliphatic hydroxyl groups is 1. The Morgan fingerprint density at radius 1 is 1.45 bits per heavy atom. The highest BCUT2D eigenvalue weighted by molar-refractivity contribution is 5.96. The molecule has 1 unspecified atom stereocenters. The Bertz CT molecular complexity index is 564. The Balaban J connectivity index is 3.04. The van der Waals surface area contributed by atoms with E-state index < -0.39 is 0 Å². The molecule has 0 saturated heterocycles. The van der Waals surface area contributed by atoms with Crippen molar-refractivity contribution in [3.63, 3.8) is 0 Å². The fourth-order valence-electron chi connectivity index (χ4n) is 1.81. The second kappa shape index (κ2) is 7.99. The third-order valence-electron chi connectivity index (χ3n) is 2.84. The van der Waals surface area contributed by atoms with Crippen LogP contribution in [0, 0.1) is 29.1 Å². The normalized spacial score (nSPS) is 10.9. The highest BCUT2D eigenvalue weighted by atomic mass is 16.2. The average Bonchev–Trinajstić information content (AvgIpc) is 2.49. The van der Waals surface area contributed by atoms with E-state index in [1.54, 1.807) is 36.1 Å². The van der Waals surface area contributed by atoms with E-state index in [9.17, 15) is 4.79 Å². The minimum Gasteiger partial charge on any atom is -0.384 e. The van der Waals surface area contributed by atoms with Crippen LogP contribution in [0.15, 0.2) is 24.3 Å². The molecule has 1 atom stereocenters. The Morgan fingerprint density at radius 3 is 2.75 bits per heavy atom. The van der Waals surface area contributed by atoms with E-state index in [0.717, 1.165) is 0 Å². The minimum atomic E-state index is -0.245. The molecule has 4 nitrogen and oxygen atoms in total. The quantitative estimate of drug-likeness (QED) is 0.846. The summed E-state index contributed by atoms with van der Waals surface area (Å²) in [6.07, 6.45) is 0. The number of carbonyl (C=O) groups is 1. The van der Waals surface area contributed by atoms with E-state index in [2.05, 4.69) is 17.9 Å². The van der Waals surface area contributed by atoms with Gasteiger partial charge in [0.25, 0.3) is 5.91 Å². The van der Waals surface area contributed by atoms with Gasteiger partial charge in [-0.2, -0.15) is 5.26 Å². The highest BCUT2D eigenvalue weighted by Crippen LogP contribution is 2.12. The molecule has 0 aromatic heterocycles. The first kappa shape index (κ1) is 15.8. The van der Waals surface area contributed by atoms with Crippen molar-refractivity contribution in [2.45, 2.75) is 13.8 Å². The molecule has 0 saturated carbocycles. The van der Waals surface area contributed by atoms with Crippen LogP contribution < -0.4 is 0 Å². The second-order valence-electron chi connectivity index (χ2n) is 4.38. The first-order valence-electron chi connectivity index (χ1n) is 6.51. The van der Waals surface area contributed by atoms with E-state index in [0.29, 0.717) is 24.2 Å². The molecule has 1 N–H and O–H groups in total. The molecule has 0 aliphatic carbocycles. The fourth-order valence-corrected chi connectivity index (χ4v) is 1.81. The number of carbonyl (C=O) groups excluding carboxylic acids is 1. The maximum Gasteiger partial charge on any atom is 0.255 e. The zero-order chi connectivity index (χ0) is 15.0. The number of hydrogen-bond acceptors (Lipinski definition) is 3. The predicted molar refractivity (Wildman–Crippen MR) is 76.8 cm³/mol. The third kappa shape index (κ3) is 4.12. The van der Waals surface area contributed by atoms with Crippen molar-refractivity contribution in [3.05, 3.63) is 35.4 Å². The molecule has 0 bridgehead atoms. The topological polar surface area (TPSA) is 64.3 Å². The maximum absolute atomic E-state index is 12.5. The Morgan fingerprint density at radius 2 is 2.15 bits per heavy atom. The Hall–Kier alpha value is -2.30. The smallest absolute Gasteiger partial charge is 0.255 e. The molecule has 104 valence electrons. The molecule has 0 aliphatic heterocycles. The van der Waals surface area contributed by atoms with Crippen LogP contribution in [0.4, 0.5) is 0 Å². The molecule has 0 aliphatic rings. The lowest BCUT2D eigenvalue weighted by molar-refractivity contribution is 0.0752. The van der Waals surface area contributed by atoms with Crippen molar-refractivity contribution in [1.82, 2.24) is 4.90 Å². The van der Waals surface area contributed by atoms with Crippen LogP contribution in [0.2, 0.25) is 0 Å².